The highest BCUT2D eigenvalue weighted by atomic mass is 32.2. The Labute approximate surface area is 251 Å². The van der Waals surface area contributed by atoms with Crippen LogP contribution in [0.2, 0.25) is 0 Å². The van der Waals surface area contributed by atoms with Crippen LogP contribution in [0.25, 0.3) is 17.5 Å². The van der Waals surface area contributed by atoms with Crippen molar-refractivity contribution in [2.45, 2.75) is 11.8 Å². The largest absolute Gasteiger partial charge is 0.478 e. The molecule has 0 fully saturated rings. The molecule has 1 amide bonds. The van der Waals surface area contributed by atoms with E-state index in [-0.39, 0.29) is 27.4 Å². The van der Waals surface area contributed by atoms with Crippen molar-refractivity contribution in [1.82, 2.24) is 10.0 Å². The fraction of sp³-hybridized carbons (Fsp3) is 0.0294. The van der Waals surface area contributed by atoms with E-state index in [1.165, 1.54) is 24.6 Å². The van der Waals surface area contributed by atoms with Gasteiger partial charge in [-0.1, -0.05) is 122 Å². The molecule has 0 aromatic heterocycles. The van der Waals surface area contributed by atoms with Crippen molar-refractivity contribution >= 4 is 39.4 Å². The molecule has 0 radical (unpaired) electrons. The van der Waals surface area contributed by atoms with Crippen LogP contribution in [-0.2, 0) is 19.6 Å². The summed E-state index contributed by atoms with van der Waals surface area (Å²) in [5.74, 6) is -2.23. The van der Waals surface area contributed by atoms with E-state index in [1.807, 2.05) is 36.4 Å². The number of carboxylic acid groups (broad SMARTS) is 1. The summed E-state index contributed by atoms with van der Waals surface area (Å²) in [5.41, 5.74) is 0.898. The van der Waals surface area contributed by atoms with Crippen molar-refractivity contribution in [3.8, 4) is 6.07 Å². The topological polar surface area (TPSA) is 136 Å². The number of nitrogens with one attached hydrogen (secondary N) is 2. The van der Waals surface area contributed by atoms with Crippen LogP contribution < -0.4 is 10.0 Å². The molecule has 0 aliphatic rings. The molecule has 0 bridgehead atoms. The molecule has 0 aliphatic heterocycles. The van der Waals surface area contributed by atoms with Gasteiger partial charge in [-0.2, -0.15) is 5.26 Å². The second-order valence-electron chi connectivity index (χ2n) is 8.89. The zero-order chi connectivity index (χ0) is 31.2. The van der Waals surface area contributed by atoms with Gasteiger partial charge in [0.2, 0.25) is 0 Å². The fourth-order valence-electron chi connectivity index (χ4n) is 3.73. The number of carbonyl (C=O) groups excluding carboxylic acids is 1. The summed E-state index contributed by atoms with van der Waals surface area (Å²) in [4.78, 5) is 24.9. The lowest BCUT2D eigenvalue weighted by molar-refractivity contribution is -0.132. The van der Waals surface area contributed by atoms with E-state index in [0.717, 1.165) is 0 Å². The molecule has 43 heavy (non-hydrogen) atoms. The summed E-state index contributed by atoms with van der Waals surface area (Å²) in [5, 5.41) is 21.9. The molecule has 9 heteroatoms. The normalized spacial score (nSPS) is 11.7. The van der Waals surface area contributed by atoms with Gasteiger partial charge in [-0.15, -0.1) is 0 Å². The zero-order valence-corrected chi connectivity index (χ0v) is 24.1. The van der Waals surface area contributed by atoms with Crippen molar-refractivity contribution in [2.75, 3.05) is 0 Å². The molecule has 0 spiro atoms. The summed E-state index contributed by atoms with van der Waals surface area (Å²) in [6.07, 6.45) is 1.83. The van der Waals surface area contributed by atoms with Gasteiger partial charge in [-0.25, -0.2) is 13.2 Å². The van der Waals surface area contributed by atoms with Crippen LogP contribution in [0.15, 0.2) is 144 Å². The van der Waals surface area contributed by atoms with Crippen LogP contribution >= 0.6 is 0 Å². The van der Waals surface area contributed by atoms with Gasteiger partial charge in [0.25, 0.3) is 15.9 Å². The first-order chi connectivity index (χ1) is 20.7. The smallest absolute Gasteiger partial charge is 0.333 e. The van der Waals surface area contributed by atoms with Crippen LogP contribution in [0.5, 0.6) is 0 Å². The third kappa shape index (κ3) is 8.88. The molecule has 8 nitrogen and oxygen atoms in total. The van der Waals surface area contributed by atoms with Gasteiger partial charge in [-0.05, 0) is 30.2 Å². The summed E-state index contributed by atoms with van der Waals surface area (Å²) >= 11 is 0. The molecule has 0 heterocycles. The van der Waals surface area contributed by atoms with Crippen molar-refractivity contribution in [1.29, 1.82) is 5.26 Å². The first-order valence-corrected chi connectivity index (χ1v) is 14.4. The average molecular weight is 592 g/mol. The molecular formula is C34H29N3O5S. The second-order valence-corrected chi connectivity index (χ2v) is 10.6. The Hall–Kier alpha value is -5.72. The Bertz CT molecular complexity index is 1780. The second kappa shape index (κ2) is 15.3. The summed E-state index contributed by atoms with van der Waals surface area (Å²) < 4.78 is 28.4. The van der Waals surface area contributed by atoms with Crippen molar-refractivity contribution < 1.29 is 23.1 Å². The number of sulfonamides is 1. The maximum Gasteiger partial charge on any atom is 0.333 e. The third-order valence-electron chi connectivity index (χ3n) is 5.97. The molecule has 216 valence electrons. The Kier molecular flexibility index (Phi) is 11.3. The van der Waals surface area contributed by atoms with E-state index in [2.05, 4.69) is 16.6 Å². The average Bonchev–Trinajstić information content (AvgIpc) is 3.05. The minimum atomic E-state index is -4.15. The maximum absolute atomic E-state index is 13.3. The summed E-state index contributed by atoms with van der Waals surface area (Å²) in [7, 11) is -4.15. The van der Waals surface area contributed by atoms with Crippen LogP contribution in [0.1, 0.15) is 23.6 Å². The number of amides is 1. The molecule has 0 atom stereocenters. The van der Waals surface area contributed by atoms with Crippen molar-refractivity contribution in [2.24, 2.45) is 0 Å². The molecule has 0 saturated heterocycles. The first kappa shape index (κ1) is 31.8. The van der Waals surface area contributed by atoms with Crippen LogP contribution in [0.4, 0.5) is 0 Å². The lowest BCUT2D eigenvalue weighted by Crippen LogP contribution is -2.30. The molecule has 4 aromatic carbocycles. The number of hydrogen-bond acceptors (Lipinski definition) is 5. The van der Waals surface area contributed by atoms with Crippen LogP contribution in [-0.4, -0.2) is 25.4 Å². The molecule has 0 unspecified atom stereocenters. The van der Waals surface area contributed by atoms with Gasteiger partial charge in [0.05, 0.1) is 21.9 Å². The van der Waals surface area contributed by atoms with Gasteiger partial charge >= 0.3 is 5.97 Å². The van der Waals surface area contributed by atoms with Gasteiger partial charge in [0.15, 0.2) is 0 Å². The highest BCUT2D eigenvalue weighted by Gasteiger charge is 2.24. The number of hydrogen-bond donors (Lipinski definition) is 3. The number of benzene rings is 4. The standard InChI is InChI=1S/C26H21N3O5S.C8H8/c1-18(26(31)32)23(19-11-5-2-6-12-19)28-25(30)22(17-27)24(20-13-7-3-8-14-20)29-35(33,34)21-15-9-4-10-16-21;1-2-8-6-4-3-5-7-8/h2-16,29H,1H3,(H,28,30)(H,31,32);2-7H,1H2/b23-18+,24-22+;. The lowest BCUT2D eigenvalue weighted by Gasteiger charge is -2.16. The van der Waals surface area contributed by atoms with Crippen LogP contribution in [0.3, 0.4) is 0 Å². The predicted octanol–water partition coefficient (Wildman–Crippen LogP) is 5.86. The Morgan fingerprint density at radius 1 is 0.767 bits per heavy atom. The minimum Gasteiger partial charge on any atom is -0.478 e. The molecule has 4 aromatic rings. The highest BCUT2D eigenvalue weighted by molar-refractivity contribution is 7.89. The highest BCUT2D eigenvalue weighted by Crippen LogP contribution is 2.22. The van der Waals surface area contributed by atoms with E-state index < -0.39 is 27.5 Å². The molecular weight excluding hydrogens is 562 g/mol. The molecule has 4 rings (SSSR count). The Balaban J connectivity index is 0.000000546. The number of nitrogens with zero attached hydrogens (tertiary/aromatic N) is 1. The number of carbonyl (C=O) groups is 2. The number of rotatable bonds is 9. The van der Waals surface area contributed by atoms with Crippen molar-refractivity contribution in [3.63, 3.8) is 0 Å². The SMILES string of the molecule is C/C(C(=O)O)=C(\NC(=O)/C(C#N)=C(/NS(=O)(=O)c1ccccc1)c1ccccc1)c1ccccc1.C=Cc1ccccc1. The minimum absolute atomic E-state index is 0.0193. The third-order valence-corrected chi connectivity index (χ3v) is 7.34. The van der Waals surface area contributed by atoms with Gasteiger partial charge in [-0.3, -0.25) is 9.52 Å². The number of aliphatic carboxylic acids is 1. The van der Waals surface area contributed by atoms with E-state index in [0.29, 0.717) is 5.56 Å². The summed E-state index contributed by atoms with van der Waals surface area (Å²) in [6.45, 7) is 4.95. The lowest BCUT2D eigenvalue weighted by atomic mass is 10.0. The number of nitriles is 1. The monoisotopic (exact) mass is 591 g/mol. The van der Waals surface area contributed by atoms with Crippen LogP contribution in [0, 0.1) is 11.3 Å². The van der Waals surface area contributed by atoms with E-state index in [1.54, 1.807) is 84.9 Å². The van der Waals surface area contributed by atoms with E-state index in [4.69, 9.17) is 0 Å². The summed E-state index contributed by atoms with van der Waals surface area (Å²) in [6, 6.07) is 35.6. The molecule has 3 N–H and O–H groups in total. The van der Waals surface area contributed by atoms with Crippen molar-refractivity contribution in [3.05, 3.63) is 156 Å². The quantitative estimate of drug-likeness (QED) is 0.165. The van der Waals surface area contributed by atoms with Gasteiger partial charge in [0, 0.05) is 5.56 Å². The van der Waals surface area contributed by atoms with E-state index in [9.17, 15) is 28.4 Å². The number of carboxylic acids is 1. The maximum atomic E-state index is 13.3. The predicted molar refractivity (Wildman–Crippen MR) is 167 cm³/mol. The molecule has 0 aliphatic carbocycles. The zero-order valence-electron chi connectivity index (χ0n) is 23.3. The van der Waals surface area contributed by atoms with Gasteiger partial charge in [0.1, 0.15) is 11.6 Å². The van der Waals surface area contributed by atoms with Gasteiger partial charge < -0.3 is 10.4 Å². The Morgan fingerprint density at radius 2 is 1.21 bits per heavy atom. The van der Waals surface area contributed by atoms with E-state index >= 15 is 0 Å². The first-order valence-electron chi connectivity index (χ1n) is 12.9. The Morgan fingerprint density at radius 3 is 1.63 bits per heavy atom. The fourth-order valence-corrected chi connectivity index (χ4v) is 4.85. The molecule has 0 saturated carbocycles.